The Balaban J connectivity index is 1.76. The standard InChI is InChI=1S/C14H15NO4/c16-13(11-7-3-1-4-8-11)19-15-14(17)18-12-9-5-2-6-10-12/h1,3-5,7-9,12H,2,6,10H2,(H,15,17). The lowest BCUT2D eigenvalue weighted by molar-refractivity contribution is 0.0157. The molecule has 1 N–H and O–H groups in total. The van der Waals surface area contributed by atoms with E-state index in [1.165, 1.54) is 0 Å². The number of allylic oxidation sites excluding steroid dienone is 1. The molecule has 1 amide bonds. The second-order valence-electron chi connectivity index (χ2n) is 4.16. The predicted molar refractivity (Wildman–Crippen MR) is 68.3 cm³/mol. The number of carbonyl (C=O) groups is 2. The Bertz CT molecular complexity index is 470. The number of amides is 1. The fourth-order valence-corrected chi connectivity index (χ4v) is 1.76. The van der Waals surface area contributed by atoms with Crippen molar-refractivity contribution in [1.82, 2.24) is 5.48 Å². The Labute approximate surface area is 111 Å². The average Bonchev–Trinajstić information content (AvgIpc) is 2.47. The normalized spacial score (nSPS) is 17.6. The number of nitrogens with one attached hydrogen (secondary N) is 1. The molecule has 100 valence electrons. The van der Waals surface area contributed by atoms with Crippen LogP contribution in [0, 0.1) is 0 Å². The van der Waals surface area contributed by atoms with Gasteiger partial charge in [0.15, 0.2) is 0 Å². The van der Waals surface area contributed by atoms with E-state index in [-0.39, 0.29) is 6.10 Å². The summed E-state index contributed by atoms with van der Waals surface area (Å²) in [5.74, 6) is -0.628. The lowest BCUT2D eigenvalue weighted by Gasteiger charge is -2.16. The maximum Gasteiger partial charge on any atom is 0.441 e. The van der Waals surface area contributed by atoms with Crippen molar-refractivity contribution in [3.8, 4) is 0 Å². The minimum atomic E-state index is -0.763. The van der Waals surface area contributed by atoms with Crippen LogP contribution in [0.4, 0.5) is 4.79 Å². The van der Waals surface area contributed by atoms with Crippen molar-refractivity contribution >= 4 is 12.1 Å². The highest BCUT2D eigenvalue weighted by molar-refractivity contribution is 5.89. The number of carbonyl (C=O) groups excluding carboxylic acids is 2. The van der Waals surface area contributed by atoms with Crippen molar-refractivity contribution < 1.29 is 19.2 Å². The van der Waals surface area contributed by atoms with Gasteiger partial charge in [-0.3, -0.25) is 0 Å². The molecule has 5 nitrogen and oxygen atoms in total. The van der Waals surface area contributed by atoms with Crippen molar-refractivity contribution in [2.75, 3.05) is 0 Å². The molecule has 0 spiro atoms. The highest BCUT2D eigenvalue weighted by atomic mass is 16.7. The van der Waals surface area contributed by atoms with Gasteiger partial charge in [-0.1, -0.05) is 24.3 Å². The number of benzene rings is 1. The Hall–Kier alpha value is -2.30. The summed E-state index contributed by atoms with van der Waals surface area (Å²) in [5, 5.41) is 0. The third-order valence-electron chi connectivity index (χ3n) is 2.71. The molecule has 19 heavy (non-hydrogen) atoms. The first-order valence-electron chi connectivity index (χ1n) is 6.15. The number of hydroxylamine groups is 1. The first-order chi connectivity index (χ1) is 9.25. The lowest BCUT2D eigenvalue weighted by Crippen LogP contribution is -2.31. The molecule has 1 aromatic rings. The van der Waals surface area contributed by atoms with E-state index in [0.717, 1.165) is 19.3 Å². The predicted octanol–water partition coefficient (Wildman–Crippen LogP) is 2.59. The van der Waals surface area contributed by atoms with Gasteiger partial charge in [0.25, 0.3) is 0 Å². The average molecular weight is 261 g/mol. The molecule has 0 heterocycles. The van der Waals surface area contributed by atoms with Crippen LogP contribution >= 0.6 is 0 Å². The van der Waals surface area contributed by atoms with Gasteiger partial charge in [0.1, 0.15) is 6.10 Å². The molecular formula is C14H15NO4. The van der Waals surface area contributed by atoms with Crippen LogP contribution in [0.15, 0.2) is 42.5 Å². The van der Waals surface area contributed by atoms with E-state index in [1.807, 2.05) is 17.6 Å². The topological polar surface area (TPSA) is 64.6 Å². The minimum absolute atomic E-state index is 0.246. The van der Waals surface area contributed by atoms with Gasteiger partial charge in [0, 0.05) is 0 Å². The van der Waals surface area contributed by atoms with Gasteiger partial charge in [-0.15, -0.1) is 5.48 Å². The molecule has 1 unspecified atom stereocenters. The van der Waals surface area contributed by atoms with Crippen molar-refractivity contribution in [1.29, 1.82) is 0 Å². The SMILES string of the molecule is O=C(NOC(=O)c1ccccc1)OC1C=CCCC1. The van der Waals surface area contributed by atoms with Gasteiger partial charge in [0.05, 0.1) is 5.56 Å². The van der Waals surface area contributed by atoms with E-state index in [2.05, 4.69) is 4.84 Å². The third-order valence-corrected chi connectivity index (χ3v) is 2.71. The maximum atomic E-state index is 11.5. The second-order valence-corrected chi connectivity index (χ2v) is 4.16. The van der Waals surface area contributed by atoms with Crippen LogP contribution in [0.1, 0.15) is 29.6 Å². The van der Waals surface area contributed by atoms with Crippen LogP contribution in [0.5, 0.6) is 0 Å². The van der Waals surface area contributed by atoms with Crippen LogP contribution in [0.25, 0.3) is 0 Å². The van der Waals surface area contributed by atoms with Gasteiger partial charge in [-0.05, 0) is 37.5 Å². The number of rotatable bonds is 2. The second kappa shape index (κ2) is 6.58. The van der Waals surface area contributed by atoms with Gasteiger partial charge < -0.3 is 9.57 Å². The fraction of sp³-hybridized carbons (Fsp3) is 0.286. The first kappa shape index (κ1) is 13.1. The zero-order chi connectivity index (χ0) is 13.5. The molecule has 2 rings (SSSR count). The largest absolute Gasteiger partial charge is 0.441 e. The van der Waals surface area contributed by atoms with Crippen LogP contribution in [-0.4, -0.2) is 18.2 Å². The molecule has 0 saturated carbocycles. The molecular weight excluding hydrogens is 246 g/mol. The van der Waals surface area contributed by atoms with Crippen molar-refractivity contribution in [2.24, 2.45) is 0 Å². The zero-order valence-electron chi connectivity index (χ0n) is 10.4. The number of hydrogen-bond donors (Lipinski definition) is 1. The molecule has 1 atom stereocenters. The molecule has 0 aromatic heterocycles. The van der Waals surface area contributed by atoms with Gasteiger partial charge >= 0.3 is 12.1 Å². The van der Waals surface area contributed by atoms with Crippen molar-refractivity contribution in [3.63, 3.8) is 0 Å². The maximum absolute atomic E-state index is 11.5. The molecule has 0 fully saturated rings. The summed E-state index contributed by atoms with van der Waals surface area (Å²) >= 11 is 0. The van der Waals surface area contributed by atoms with E-state index in [4.69, 9.17) is 4.74 Å². The first-order valence-corrected chi connectivity index (χ1v) is 6.15. The number of ether oxygens (including phenoxy) is 1. The fourth-order valence-electron chi connectivity index (χ4n) is 1.76. The number of hydrogen-bond acceptors (Lipinski definition) is 4. The Morgan fingerprint density at radius 3 is 2.68 bits per heavy atom. The molecule has 5 heteroatoms. The zero-order valence-corrected chi connectivity index (χ0v) is 10.4. The van der Waals surface area contributed by atoms with Crippen LogP contribution < -0.4 is 5.48 Å². The van der Waals surface area contributed by atoms with E-state index >= 15 is 0 Å². The van der Waals surface area contributed by atoms with Crippen LogP contribution in [0.3, 0.4) is 0 Å². The van der Waals surface area contributed by atoms with E-state index < -0.39 is 12.1 Å². The molecule has 1 aliphatic rings. The van der Waals surface area contributed by atoms with Gasteiger partial charge in [0.2, 0.25) is 0 Å². The molecule has 0 saturated heterocycles. The quantitative estimate of drug-likeness (QED) is 0.656. The van der Waals surface area contributed by atoms with Gasteiger partial charge in [-0.2, -0.15) is 0 Å². The summed E-state index contributed by atoms with van der Waals surface area (Å²) in [6.07, 6.45) is 5.57. The van der Waals surface area contributed by atoms with Crippen molar-refractivity contribution in [3.05, 3.63) is 48.0 Å². The minimum Gasteiger partial charge on any atom is -0.440 e. The van der Waals surface area contributed by atoms with Crippen LogP contribution in [0.2, 0.25) is 0 Å². The smallest absolute Gasteiger partial charge is 0.440 e. The summed E-state index contributed by atoms with van der Waals surface area (Å²) < 4.78 is 5.06. The molecule has 0 radical (unpaired) electrons. The van der Waals surface area contributed by atoms with E-state index in [9.17, 15) is 9.59 Å². The summed E-state index contributed by atoms with van der Waals surface area (Å²) in [5.41, 5.74) is 2.35. The Kier molecular flexibility index (Phi) is 4.55. The summed E-state index contributed by atoms with van der Waals surface area (Å²) in [6.45, 7) is 0. The highest BCUT2D eigenvalue weighted by Crippen LogP contribution is 2.13. The third kappa shape index (κ3) is 4.13. The van der Waals surface area contributed by atoms with Crippen LogP contribution in [-0.2, 0) is 9.57 Å². The highest BCUT2D eigenvalue weighted by Gasteiger charge is 2.15. The summed E-state index contributed by atoms with van der Waals surface area (Å²) in [6, 6.07) is 8.40. The summed E-state index contributed by atoms with van der Waals surface area (Å²) in [4.78, 5) is 27.6. The molecule has 0 aliphatic heterocycles. The Morgan fingerprint density at radius 2 is 2.00 bits per heavy atom. The monoisotopic (exact) mass is 261 g/mol. The molecule has 0 bridgehead atoms. The summed E-state index contributed by atoms with van der Waals surface area (Å²) in [7, 11) is 0. The van der Waals surface area contributed by atoms with Gasteiger partial charge in [-0.25, -0.2) is 9.59 Å². The van der Waals surface area contributed by atoms with E-state index in [0.29, 0.717) is 5.56 Å². The molecule has 1 aliphatic carbocycles. The van der Waals surface area contributed by atoms with Crippen molar-refractivity contribution in [2.45, 2.75) is 25.4 Å². The van der Waals surface area contributed by atoms with E-state index in [1.54, 1.807) is 30.3 Å². The lowest BCUT2D eigenvalue weighted by atomic mass is 10.1. The Morgan fingerprint density at radius 1 is 1.21 bits per heavy atom. The molecule has 1 aromatic carbocycles.